The van der Waals surface area contributed by atoms with Crippen molar-refractivity contribution in [3.8, 4) is 0 Å². The molecule has 5 heteroatoms. The van der Waals surface area contributed by atoms with Gasteiger partial charge in [-0.05, 0) is 6.92 Å². The van der Waals surface area contributed by atoms with Crippen LogP contribution in [0.15, 0.2) is 24.8 Å². The molecule has 0 fully saturated rings. The van der Waals surface area contributed by atoms with Gasteiger partial charge in [-0.25, -0.2) is 9.59 Å². The SMILES string of the molecule is C=CC(=O)OC(O)CCOC(=O)C(=C)C. The Kier molecular flexibility index (Phi) is 6.05. The molecule has 0 radical (unpaired) electrons. The lowest BCUT2D eigenvalue weighted by Crippen LogP contribution is -2.19. The predicted octanol–water partition coefficient (Wildman–Crippen LogP) is 0.543. The van der Waals surface area contributed by atoms with Crippen LogP contribution in [0.1, 0.15) is 13.3 Å². The van der Waals surface area contributed by atoms with Crippen molar-refractivity contribution < 1.29 is 24.2 Å². The number of ether oxygens (including phenoxy) is 2. The van der Waals surface area contributed by atoms with Crippen LogP contribution in [0.4, 0.5) is 0 Å². The maximum absolute atomic E-state index is 10.9. The lowest BCUT2D eigenvalue weighted by Gasteiger charge is -2.10. The minimum absolute atomic E-state index is 0.0125. The predicted molar refractivity (Wildman–Crippen MR) is 52.7 cm³/mol. The van der Waals surface area contributed by atoms with Crippen LogP contribution in [0.5, 0.6) is 0 Å². The molecule has 5 nitrogen and oxygen atoms in total. The molecule has 0 aliphatic carbocycles. The smallest absolute Gasteiger partial charge is 0.333 e. The highest BCUT2D eigenvalue weighted by Gasteiger charge is 2.10. The third-order valence-corrected chi connectivity index (χ3v) is 1.37. The molecule has 0 amide bonds. The van der Waals surface area contributed by atoms with Gasteiger partial charge in [-0.15, -0.1) is 0 Å². The van der Waals surface area contributed by atoms with Crippen LogP contribution < -0.4 is 0 Å². The Morgan fingerprint density at radius 3 is 2.60 bits per heavy atom. The molecule has 0 rings (SSSR count). The average Bonchev–Trinajstić information content (AvgIpc) is 2.17. The van der Waals surface area contributed by atoms with Crippen molar-refractivity contribution >= 4 is 11.9 Å². The monoisotopic (exact) mass is 214 g/mol. The van der Waals surface area contributed by atoms with Crippen molar-refractivity contribution in [2.24, 2.45) is 0 Å². The van der Waals surface area contributed by atoms with Gasteiger partial charge in [0.25, 0.3) is 0 Å². The van der Waals surface area contributed by atoms with E-state index in [9.17, 15) is 9.59 Å². The lowest BCUT2D eigenvalue weighted by molar-refractivity contribution is -0.165. The van der Waals surface area contributed by atoms with Crippen LogP contribution in [0.3, 0.4) is 0 Å². The van der Waals surface area contributed by atoms with E-state index in [1.165, 1.54) is 6.92 Å². The van der Waals surface area contributed by atoms with Crippen molar-refractivity contribution in [3.63, 3.8) is 0 Å². The molecule has 0 aliphatic rings. The molecule has 0 aliphatic heterocycles. The zero-order chi connectivity index (χ0) is 11.8. The molecular weight excluding hydrogens is 200 g/mol. The van der Waals surface area contributed by atoms with Gasteiger partial charge in [-0.2, -0.15) is 0 Å². The van der Waals surface area contributed by atoms with E-state index in [4.69, 9.17) is 5.11 Å². The molecule has 0 saturated heterocycles. The van der Waals surface area contributed by atoms with Crippen molar-refractivity contribution in [2.75, 3.05) is 6.61 Å². The van der Waals surface area contributed by atoms with Crippen molar-refractivity contribution in [1.29, 1.82) is 0 Å². The van der Waals surface area contributed by atoms with E-state index in [1.54, 1.807) is 0 Å². The molecule has 1 unspecified atom stereocenters. The van der Waals surface area contributed by atoms with Gasteiger partial charge in [0.05, 0.1) is 6.61 Å². The second-order valence-corrected chi connectivity index (χ2v) is 2.80. The summed E-state index contributed by atoms with van der Waals surface area (Å²) in [5.74, 6) is -1.27. The van der Waals surface area contributed by atoms with E-state index >= 15 is 0 Å². The van der Waals surface area contributed by atoms with Gasteiger partial charge in [0.1, 0.15) is 0 Å². The summed E-state index contributed by atoms with van der Waals surface area (Å²) < 4.78 is 9.10. The topological polar surface area (TPSA) is 72.8 Å². The number of carbonyl (C=O) groups excluding carboxylic acids is 2. The maximum atomic E-state index is 10.9. The molecule has 0 aromatic carbocycles. The molecule has 84 valence electrons. The van der Waals surface area contributed by atoms with Gasteiger partial charge in [0.15, 0.2) is 0 Å². The summed E-state index contributed by atoms with van der Waals surface area (Å²) in [6.07, 6.45) is -0.352. The molecule has 0 spiro atoms. The van der Waals surface area contributed by atoms with E-state index in [0.717, 1.165) is 6.08 Å². The summed E-state index contributed by atoms with van der Waals surface area (Å²) in [5.41, 5.74) is 0.271. The second-order valence-electron chi connectivity index (χ2n) is 2.80. The molecule has 0 aromatic heterocycles. The van der Waals surface area contributed by atoms with E-state index in [2.05, 4.69) is 22.6 Å². The summed E-state index contributed by atoms with van der Waals surface area (Å²) in [4.78, 5) is 21.5. The Bertz CT molecular complexity index is 269. The van der Waals surface area contributed by atoms with Crippen LogP contribution in [0.2, 0.25) is 0 Å². The summed E-state index contributed by atoms with van der Waals surface area (Å²) in [6.45, 7) is 8.01. The first-order valence-corrected chi connectivity index (χ1v) is 4.31. The Morgan fingerprint density at radius 2 is 2.13 bits per heavy atom. The van der Waals surface area contributed by atoms with Crippen LogP contribution >= 0.6 is 0 Å². The fourth-order valence-electron chi connectivity index (χ4n) is 0.617. The van der Waals surface area contributed by atoms with Crippen molar-refractivity contribution in [2.45, 2.75) is 19.6 Å². The lowest BCUT2D eigenvalue weighted by atomic mass is 10.3. The Hall–Kier alpha value is -1.62. The Labute approximate surface area is 88.0 Å². The van der Waals surface area contributed by atoms with Gasteiger partial charge in [0, 0.05) is 18.1 Å². The maximum Gasteiger partial charge on any atom is 0.333 e. The van der Waals surface area contributed by atoms with Crippen LogP contribution in [0, 0.1) is 0 Å². The van der Waals surface area contributed by atoms with Gasteiger partial charge in [-0.3, -0.25) is 0 Å². The van der Waals surface area contributed by atoms with Crippen LogP contribution in [0.25, 0.3) is 0 Å². The van der Waals surface area contributed by atoms with E-state index in [1.807, 2.05) is 0 Å². The number of esters is 2. The molecule has 1 N–H and O–H groups in total. The van der Waals surface area contributed by atoms with Crippen molar-refractivity contribution in [1.82, 2.24) is 0 Å². The highest BCUT2D eigenvalue weighted by atomic mass is 16.6. The standard InChI is InChI=1S/C10H14O5/c1-4-8(11)15-9(12)5-6-14-10(13)7(2)3/h4,9,12H,1-2,5-6H2,3H3. The Balaban J connectivity index is 3.68. The molecule has 0 aromatic rings. The first-order chi connectivity index (χ1) is 6.97. The van der Waals surface area contributed by atoms with E-state index in [-0.39, 0.29) is 18.6 Å². The Morgan fingerprint density at radius 1 is 1.53 bits per heavy atom. The summed E-state index contributed by atoms with van der Waals surface area (Å²) >= 11 is 0. The zero-order valence-corrected chi connectivity index (χ0v) is 8.56. The van der Waals surface area contributed by atoms with Gasteiger partial charge in [-0.1, -0.05) is 13.2 Å². The molecular formula is C10H14O5. The fourth-order valence-corrected chi connectivity index (χ4v) is 0.617. The number of hydrogen-bond acceptors (Lipinski definition) is 5. The van der Waals surface area contributed by atoms with Crippen LogP contribution in [-0.2, 0) is 19.1 Å². The number of rotatable bonds is 6. The summed E-state index contributed by atoms with van der Waals surface area (Å²) in [7, 11) is 0. The van der Waals surface area contributed by atoms with Gasteiger partial charge < -0.3 is 14.6 Å². The summed E-state index contributed by atoms with van der Waals surface area (Å²) in [5, 5.41) is 9.10. The van der Waals surface area contributed by atoms with Gasteiger partial charge in [0.2, 0.25) is 6.29 Å². The highest BCUT2D eigenvalue weighted by molar-refractivity contribution is 5.86. The van der Waals surface area contributed by atoms with E-state index in [0.29, 0.717) is 0 Å². The average molecular weight is 214 g/mol. The van der Waals surface area contributed by atoms with E-state index < -0.39 is 18.2 Å². The molecule has 0 bridgehead atoms. The number of hydrogen-bond donors (Lipinski definition) is 1. The number of aliphatic hydroxyl groups excluding tert-OH is 1. The third-order valence-electron chi connectivity index (χ3n) is 1.37. The normalized spacial score (nSPS) is 11.3. The highest BCUT2D eigenvalue weighted by Crippen LogP contribution is 1.98. The molecule has 1 atom stereocenters. The second kappa shape index (κ2) is 6.78. The third kappa shape index (κ3) is 6.45. The number of aliphatic hydroxyl groups is 1. The largest absolute Gasteiger partial charge is 0.462 e. The van der Waals surface area contributed by atoms with Crippen LogP contribution in [-0.4, -0.2) is 29.9 Å². The molecule has 0 heterocycles. The summed E-state index contributed by atoms with van der Waals surface area (Å²) in [6, 6.07) is 0. The minimum Gasteiger partial charge on any atom is -0.462 e. The zero-order valence-electron chi connectivity index (χ0n) is 8.56. The first kappa shape index (κ1) is 13.4. The first-order valence-electron chi connectivity index (χ1n) is 4.31. The fraction of sp³-hybridized carbons (Fsp3) is 0.400. The van der Waals surface area contributed by atoms with Crippen molar-refractivity contribution in [3.05, 3.63) is 24.8 Å². The quantitative estimate of drug-likeness (QED) is 0.397. The van der Waals surface area contributed by atoms with Gasteiger partial charge >= 0.3 is 11.9 Å². The minimum atomic E-state index is -1.30. The molecule has 0 saturated carbocycles. The number of carbonyl (C=O) groups is 2. The molecule has 15 heavy (non-hydrogen) atoms.